The molecule has 1 fully saturated rings. The summed E-state index contributed by atoms with van der Waals surface area (Å²) in [6.07, 6.45) is 3.29. The molecular weight excluding hydrogens is 775 g/mol. The van der Waals surface area contributed by atoms with E-state index < -0.39 is 65.7 Å². The number of fused-ring (bicyclic) bond motifs is 1. The maximum absolute atomic E-state index is 12.5. The van der Waals surface area contributed by atoms with Crippen molar-refractivity contribution >= 4 is 58.4 Å². The highest BCUT2D eigenvalue weighted by Gasteiger charge is 2.43. The Morgan fingerprint density at radius 2 is 1.83 bits per heavy atom. The number of guanidine groups is 1. The third-order valence-corrected chi connectivity index (χ3v) is 10.8. The SMILES string of the molecule is N=C(N)NCCCCn1cnc2c(NCCNC(=O)/C=C/c3cn(C4CC(O)C(COP(=O)(O)OP(=O)(O)OP(=O)(O)O)O4)c(=O)[nH]c3=O)ncnc21. The molecule has 26 nitrogen and oxygen atoms in total. The maximum atomic E-state index is 12.5. The van der Waals surface area contributed by atoms with E-state index in [4.69, 9.17) is 25.7 Å². The minimum Gasteiger partial charge on any atom is -0.390 e. The van der Waals surface area contributed by atoms with Gasteiger partial charge in [0.05, 0.1) is 24.6 Å². The lowest BCUT2D eigenvalue weighted by molar-refractivity contribution is -0.116. The van der Waals surface area contributed by atoms with Gasteiger partial charge in [0.15, 0.2) is 17.4 Å². The van der Waals surface area contributed by atoms with Crippen molar-refractivity contribution in [1.29, 1.82) is 5.41 Å². The number of phosphoric ester groups is 1. The highest BCUT2D eigenvalue weighted by atomic mass is 31.3. The number of phosphoric acid groups is 3. The van der Waals surface area contributed by atoms with Gasteiger partial charge in [-0.25, -0.2) is 33.4 Å². The number of anilines is 1. The van der Waals surface area contributed by atoms with E-state index >= 15 is 0 Å². The van der Waals surface area contributed by atoms with Gasteiger partial charge in [0.1, 0.15) is 24.2 Å². The van der Waals surface area contributed by atoms with Crippen molar-refractivity contribution in [3.63, 3.8) is 0 Å². The first kappa shape index (κ1) is 41.6. The second-order valence-corrected chi connectivity index (χ2v) is 15.4. The van der Waals surface area contributed by atoms with E-state index in [2.05, 4.69) is 44.0 Å². The molecule has 3 aromatic rings. The molecule has 1 amide bonds. The summed E-state index contributed by atoms with van der Waals surface area (Å²) in [5, 5.41) is 26.0. The van der Waals surface area contributed by atoms with Gasteiger partial charge in [0.25, 0.3) is 5.56 Å². The lowest BCUT2D eigenvalue weighted by Gasteiger charge is -2.19. The average Bonchev–Trinajstić information content (AvgIpc) is 3.63. The van der Waals surface area contributed by atoms with E-state index in [0.29, 0.717) is 30.1 Å². The van der Waals surface area contributed by atoms with E-state index in [1.54, 1.807) is 6.33 Å². The summed E-state index contributed by atoms with van der Waals surface area (Å²) in [7, 11) is -16.9. The number of carbonyl (C=O) groups is 1. The number of imidazole rings is 1. The third-order valence-electron chi connectivity index (χ3n) is 7.00. The molecule has 3 aromatic heterocycles. The molecule has 5 unspecified atom stereocenters. The van der Waals surface area contributed by atoms with Crippen molar-refractivity contribution in [3.05, 3.63) is 51.3 Å². The van der Waals surface area contributed by atoms with Crippen LogP contribution in [-0.4, -0.2) is 104 Å². The Morgan fingerprint density at radius 3 is 2.55 bits per heavy atom. The lowest BCUT2D eigenvalue weighted by Crippen LogP contribution is -2.33. The van der Waals surface area contributed by atoms with Gasteiger partial charge in [-0.1, -0.05) is 0 Å². The first-order valence-corrected chi connectivity index (χ1v) is 19.8. The summed E-state index contributed by atoms with van der Waals surface area (Å²) in [6.45, 7) is 0.591. The van der Waals surface area contributed by atoms with Gasteiger partial charge >= 0.3 is 29.2 Å². The van der Waals surface area contributed by atoms with Gasteiger partial charge in [0.2, 0.25) is 5.91 Å². The van der Waals surface area contributed by atoms with Crippen molar-refractivity contribution < 1.29 is 61.1 Å². The number of carbonyl (C=O) groups excluding carboxylic acids is 1. The molecule has 0 aromatic carbocycles. The zero-order chi connectivity index (χ0) is 39.0. The number of ether oxygens (including phenoxy) is 1. The second kappa shape index (κ2) is 17.8. The first-order chi connectivity index (χ1) is 24.8. The number of amides is 1. The molecule has 5 atom stereocenters. The second-order valence-electron chi connectivity index (χ2n) is 11.0. The van der Waals surface area contributed by atoms with Crippen LogP contribution in [0.3, 0.4) is 0 Å². The van der Waals surface area contributed by atoms with Crippen LogP contribution >= 0.6 is 23.5 Å². The number of unbranched alkanes of at least 4 members (excludes halogenated alkanes) is 1. The van der Waals surface area contributed by atoms with E-state index in [-0.39, 0.29) is 31.0 Å². The molecule has 0 spiro atoms. The quantitative estimate of drug-likeness (QED) is 0.0208. The number of aromatic nitrogens is 6. The van der Waals surface area contributed by atoms with Crippen molar-refractivity contribution in [3.8, 4) is 0 Å². The summed E-state index contributed by atoms with van der Waals surface area (Å²) in [6, 6.07) is 0. The Balaban J connectivity index is 1.28. The van der Waals surface area contributed by atoms with E-state index in [1.807, 2.05) is 9.55 Å². The molecule has 4 rings (SSSR count). The number of nitrogens with zero attached hydrogens (tertiary/aromatic N) is 5. The van der Waals surface area contributed by atoms with E-state index in [0.717, 1.165) is 35.8 Å². The maximum Gasteiger partial charge on any atom is 0.490 e. The number of rotatable bonds is 19. The number of aromatic amines is 1. The number of hydrogen-bond acceptors (Lipinski definition) is 16. The molecule has 292 valence electrons. The fraction of sp³-hybridized carbons (Fsp3) is 0.458. The molecule has 1 aliphatic heterocycles. The number of aryl methyl sites for hydroxylation is 1. The van der Waals surface area contributed by atoms with Gasteiger partial charge in [-0.2, -0.15) is 8.62 Å². The normalized spacial score (nSPS) is 19.9. The molecule has 1 saturated heterocycles. The number of nitrogens with two attached hydrogens (primary N) is 1. The van der Waals surface area contributed by atoms with Crippen LogP contribution in [-0.2, 0) is 42.9 Å². The summed E-state index contributed by atoms with van der Waals surface area (Å²) in [5.74, 6) is -0.243. The number of aliphatic hydroxyl groups excluding tert-OH is 1. The molecule has 0 saturated carbocycles. The van der Waals surface area contributed by atoms with Crippen LogP contribution in [0, 0.1) is 5.41 Å². The van der Waals surface area contributed by atoms with Crippen LogP contribution in [0.25, 0.3) is 17.2 Å². The Bertz CT molecular complexity index is 2080. The number of nitrogens with one attached hydrogen (secondary N) is 5. The van der Waals surface area contributed by atoms with Crippen LogP contribution < -0.4 is 32.9 Å². The summed E-state index contributed by atoms with van der Waals surface area (Å²) in [5.41, 5.74) is 4.41. The zero-order valence-electron chi connectivity index (χ0n) is 27.2. The Hall–Kier alpha value is -4.16. The van der Waals surface area contributed by atoms with Crippen molar-refractivity contribution in [2.75, 3.05) is 31.6 Å². The molecular formula is C24H36N11O15P3. The van der Waals surface area contributed by atoms with Crippen LogP contribution in [0.15, 0.2) is 34.5 Å². The van der Waals surface area contributed by atoms with Gasteiger partial charge in [-0.05, 0) is 18.9 Å². The predicted octanol–water partition coefficient (Wildman–Crippen LogP) is -1.83. The molecule has 0 aliphatic carbocycles. The Morgan fingerprint density at radius 1 is 1.08 bits per heavy atom. The molecule has 4 heterocycles. The fourth-order valence-corrected chi connectivity index (χ4v) is 7.77. The van der Waals surface area contributed by atoms with Crippen LogP contribution in [0.2, 0.25) is 0 Å². The molecule has 29 heteroatoms. The van der Waals surface area contributed by atoms with Crippen molar-refractivity contribution in [2.45, 2.75) is 44.2 Å². The largest absolute Gasteiger partial charge is 0.490 e. The van der Waals surface area contributed by atoms with Gasteiger partial charge in [0, 0.05) is 44.9 Å². The number of hydrogen-bond donors (Lipinski definition) is 11. The van der Waals surface area contributed by atoms with Gasteiger partial charge < -0.3 is 55.7 Å². The molecule has 12 N–H and O–H groups in total. The third kappa shape index (κ3) is 12.7. The number of aliphatic hydroxyl groups is 1. The van der Waals surface area contributed by atoms with Gasteiger partial charge in [-0.15, -0.1) is 0 Å². The van der Waals surface area contributed by atoms with Crippen molar-refractivity contribution in [2.24, 2.45) is 5.73 Å². The van der Waals surface area contributed by atoms with Crippen LogP contribution in [0.1, 0.15) is 31.1 Å². The highest BCUT2D eigenvalue weighted by Crippen LogP contribution is 2.66. The van der Waals surface area contributed by atoms with E-state index in [9.17, 15) is 43.0 Å². The monoisotopic (exact) mass is 811 g/mol. The summed E-state index contributed by atoms with van der Waals surface area (Å²) >= 11 is 0. The van der Waals surface area contributed by atoms with Crippen molar-refractivity contribution in [1.82, 2.24) is 39.7 Å². The van der Waals surface area contributed by atoms with Gasteiger partial charge in [-0.3, -0.25) is 29.1 Å². The predicted molar refractivity (Wildman–Crippen MR) is 181 cm³/mol. The molecule has 0 bridgehead atoms. The summed E-state index contributed by atoms with van der Waals surface area (Å²) in [4.78, 5) is 88.4. The molecule has 53 heavy (non-hydrogen) atoms. The Labute approximate surface area is 297 Å². The first-order valence-electron chi connectivity index (χ1n) is 15.2. The average molecular weight is 812 g/mol. The fourth-order valence-electron chi connectivity index (χ4n) is 4.74. The topological polar surface area (TPSA) is 391 Å². The highest BCUT2D eigenvalue weighted by molar-refractivity contribution is 7.66. The minimum absolute atomic E-state index is 0.0901. The molecule has 1 aliphatic rings. The number of H-pyrrole nitrogens is 1. The standard InChI is InChI=1S/C24H36N11O15P3/c25-23(26)29-5-1-2-8-34-13-32-19-20(30-12-31-21(19)34)28-7-6-27-17(37)4-3-14-10-35(24(39)33-22(14)38)18-9-15(36)16(48-18)11-47-52(43,44)50-53(45,46)49-51(40,41)42/h3-4,10,12-13,15-16,18,36H,1-2,5-9,11H2,(H,27,37)(H,43,44)(H,45,46)(H4,25,26,29)(H,28,30,31)(H,33,38,39)(H2,40,41,42)/b4-3+. The minimum atomic E-state index is -5.78. The van der Waals surface area contributed by atoms with Crippen LogP contribution in [0.5, 0.6) is 0 Å². The zero-order valence-corrected chi connectivity index (χ0v) is 29.9. The molecule has 0 radical (unpaired) electrons. The smallest absolute Gasteiger partial charge is 0.390 e. The lowest BCUT2D eigenvalue weighted by atomic mass is 10.2. The Kier molecular flexibility index (Phi) is 14.0. The summed E-state index contributed by atoms with van der Waals surface area (Å²) < 4.78 is 54.2. The van der Waals surface area contributed by atoms with E-state index in [1.165, 1.54) is 6.33 Å². The van der Waals surface area contributed by atoms with Crippen LogP contribution in [0.4, 0.5) is 5.82 Å².